The van der Waals surface area contributed by atoms with Crippen molar-refractivity contribution in [3.63, 3.8) is 0 Å². The number of aryl methyl sites for hydroxylation is 1. The molecule has 3 rings (SSSR count). The molecule has 2 N–H and O–H groups in total. The minimum atomic E-state index is -0.529. The molecule has 2 aromatic rings. The van der Waals surface area contributed by atoms with Crippen LogP contribution in [0.25, 0.3) is 0 Å². The number of benzene rings is 1. The molecule has 1 aliphatic rings. The molecular weight excluding hydrogens is 390 g/mol. The SMILES string of the molecule is CC(=O)Nc1ccc(CC(=O)OCC(=O)Nc2sc3c(c2C#N)CCCC3)cc1. The van der Waals surface area contributed by atoms with E-state index in [1.54, 1.807) is 24.3 Å². The average molecular weight is 411 g/mol. The van der Waals surface area contributed by atoms with E-state index >= 15 is 0 Å². The number of thiophene rings is 1. The van der Waals surface area contributed by atoms with Crippen molar-refractivity contribution in [1.29, 1.82) is 5.26 Å². The Labute approximate surface area is 172 Å². The standard InChI is InChI=1S/C21H21N3O4S/c1-13(25)23-15-8-6-14(7-9-15)10-20(27)28-12-19(26)24-21-17(11-22)16-4-2-3-5-18(16)29-21/h6-9H,2-5,10,12H2,1H3,(H,23,25)(H,24,26). The number of nitrogens with one attached hydrogen (secondary N) is 2. The molecule has 0 bridgehead atoms. The highest BCUT2D eigenvalue weighted by Gasteiger charge is 2.22. The second-order valence-electron chi connectivity index (χ2n) is 6.79. The zero-order valence-corrected chi connectivity index (χ0v) is 16.9. The summed E-state index contributed by atoms with van der Waals surface area (Å²) in [4.78, 5) is 36.3. The quantitative estimate of drug-likeness (QED) is 0.710. The van der Waals surface area contributed by atoms with Gasteiger partial charge in [0.05, 0.1) is 12.0 Å². The lowest BCUT2D eigenvalue weighted by atomic mass is 9.96. The van der Waals surface area contributed by atoms with E-state index in [-0.39, 0.29) is 12.3 Å². The highest BCUT2D eigenvalue weighted by atomic mass is 32.1. The van der Waals surface area contributed by atoms with Gasteiger partial charge in [0.1, 0.15) is 11.1 Å². The molecule has 2 amide bonds. The summed E-state index contributed by atoms with van der Waals surface area (Å²) in [5, 5.41) is 15.3. The van der Waals surface area contributed by atoms with Crippen LogP contribution in [-0.2, 0) is 38.4 Å². The van der Waals surface area contributed by atoms with Gasteiger partial charge in [-0.2, -0.15) is 5.26 Å². The number of rotatable bonds is 6. The molecule has 0 atom stereocenters. The molecule has 0 saturated heterocycles. The highest BCUT2D eigenvalue weighted by molar-refractivity contribution is 7.16. The fraction of sp³-hybridized carbons (Fsp3) is 0.333. The first kappa shape index (κ1) is 20.6. The summed E-state index contributed by atoms with van der Waals surface area (Å²) in [6.07, 6.45) is 3.95. The van der Waals surface area contributed by atoms with Crippen molar-refractivity contribution < 1.29 is 19.1 Å². The Morgan fingerprint density at radius 1 is 1.14 bits per heavy atom. The molecular formula is C21H21N3O4S. The van der Waals surface area contributed by atoms with Crippen LogP contribution < -0.4 is 10.6 Å². The van der Waals surface area contributed by atoms with E-state index in [0.29, 0.717) is 21.8 Å². The van der Waals surface area contributed by atoms with Crippen molar-refractivity contribution in [3.05, 3.63) is 45.8 Å². The van der Waals surface area contributed by atoms with Crippen molar-refractivity contribution in [2.45, 2.75) is 39.0 Å². The average Bonchev–Trinajstić information content (AvgIpc) is 3.04. The van der Waals surface area contributed by atoms with Crippen LogP contribution in [0.1, 0.15) is 41.3 Å². The molecule has 150 valence electrons. The fourth-order valence-corrected chi connectivity index (χ4v) is 4.46. The van der Waals surface area contributed by atoms with Gasteiger partial charge in [-0.05, 0) is 48.9 Å². The summed E-state index contributed by atoms with van der Waals surface area (Å²) in [6.45, 7) is 1.01. The second kappa shape index (κ2) is 9.34. The summed E-state index contributed by atoms with van der Waals surface area (Å²) >= 11 is 1.43. The Kier molecular flexibility index (Phi) is 6.62. The molecule has 1 aromatic heterocycles. The van der Waals surface area contributed by atoms with Crippen LogP contribution in [0.3, 0.4) is 0 Å². The van der Waals surface area contributed by atoms with Crippen LogP contribution in [0, 0.1) is 11.3 Å². The number of nitriles is 1. The third-order valence-corrected chi connectivity index (χ3v) is 5.73. The molecule has 0 aliphatic heterocycles. The first-order chi connectivity index (χ1) is 14.0. The van der Waals surface area contributed by atoms with Crippen LogP contribution in [0.15, 0.2) is 24.3 Å². The molecule has 8 heteroatoms. The van der Waals surface area contributed by atoms with Crippen LogP contribution in [-0.4, -0.2) is 24.4 Å². The molecule has 0 unspecified atom stereocenters. The Morgan fingerprint density at radius 2 is 1.86 bits per heavy atom. The van der Waals surface area contributed by atoms with Gasteiger partial charge >= 0.3 is 5.97 Å². The van der Waals surface area contributed by atoms with E-state index in [1.165, 1.54) is 18.3 Å². The molecule has 0 saturated carbocycles. The van der Waals surface area contributed by atoms with Crippen LogP contribution in [0.4, 0.5) is 10.7 Å². The van der Waals surface area contributed by atoms with E-state index < -0.39 is 18.5 Å². The number of hydrogen-bond acceptors (Lipinski definition) is 6. The summed E-state index contributed by atoms with van der Waals surface area (Å²) in [5.74, 6) is -1.16. The lowest BCUT2D eigenvalue weighted by Crippen LogP contribution is -2.21. The van der Waals surface area contributed by atoms with Gasteiger partial charge in [-0.3, -0.25) is 14.4 Å². The second-order valence-corrected chi connectivity index (χ2v) is 7.90. The molecule has 1 aromatic carbocycles. The topological polar surface area (TPSA) is 108 Å². The predicted molar refractivity (Wildman–Crippen MR) is 110 cm³/mol. The van der Waals surface area contributed by atoms with Crippen molar-refractivity contribution in [3.8, 4) is 6.07 Å². The number of carbonyl (C=O) groups excluding carboxylic acids is 3. The molecule has 29 heavy (non-hydrogen) atoms. The van der Waals surface area contributed by atoms with Gasteiger partial charge in [-0.1, -0.05) is 12.1 Å². The minimum absolute atomic E-state index is 0.0182. The van der Waals surface area contributed by atoms with Crippen molar-refractivity contribution >= 4 is 39.8 Å². The molecule has 1 aliphatic carbocycles. The van der Waals surface area contributed by atoms with Crippen LogP contribution >= 0.6 is 11.3 Å². The maximum absolute atomic E-state index is 12.2. The third kappa shape index (κ3) is 5.42. The first-order valence-corrected chi connectivity index (χ1v) is 10.1. The van der Waals surface area contributed by atoms with Gasteiger partial charge in [-0.15, -0.1) is 11.3 Å². The van der Waals surface area contributed by atoms with Crippen molar-refractivity contribution in [1.82, 2.24) is 0 Å². The van der Waals surface area contributed by atoms with Crippen molar-refractivity contribution in [2.24, 2.45) is 0 Å². The molecule has 0 spiro atoms. The largest absolute Gasteiger partial charge is 0.455 e. The number of nitrogens with zero attached hydrogens (tertiary/aromatic N) is 1. The molecule has 7 nitrogen and oxygen atoms in total. The normalized spacial score (nSPS) is 12.4. The Balaban J connectivity index is 1.51. The third-order valence-electron chi connectivity index (χ3n) is 4.52. The highest BCUT2D eigenvalue weighted by Crippen LogP contribution is 2.37. The fourth-order valence-electron chi connectivity index (χ4n) is 3.21. The van der Waals surface area contributed by atoms with Gasteiger partial charge < -0.3 is 15.4 Å². The number of fused-ring (bicyclic) bond motifs is 1. The van der Waals surface area contributed by atoms with E-state index in [9.17, 15) is 19.6 Å². The van der Waals surface area contributed by atoms with E-state index in [2.05, 4.69) is 16.7 Å². The van der Waals surface area contributed by atoms with Gasteiger partial charge in [0.2, 0.25) is 5.91 Å². The van der Waals surface area contributed by atoms with Crippen LogP contribution in [0.5, 0.6) is 0 Å². The van der Waals surface area contributed by atoms with Crippen LogP contribution in [0.2, 0.25) is 0 Å². The van der Waals surface area contributed by atoms with Gasteiger partial charge in [0, 0.05) is 17.5 Å². The number of anilines is 2. The Morgan fingerprint density at radius 3 is 2.55 bits per heavy atom. The molecule has 0 radical (unpaired) electrons. The maximum atomic E-state index is 12.2. The summed E-state index contributed by atoms with van der Waals surface area (Å²) in [7, 11) is 0. The minimum Gasteiger partial charge on any atom is -0.455 e. The molecule has 0 fully saturated rings. The van der Waals surface area contributed by atoms with Gasteiger partial charge in [0.15, 0.2) is 6.61 Å². The first-order valence-electron chi connectivity index (χ1n) is 9.33. The summed E-state index contributed by atoms with van der Waals surface area (Å²) in [6, 6.07) is 8.99. The molecule has 1 heterocycles. The number of esters is 1. The Bertz CT molecular complexity index is 973. The number of hydrogen-bond donors (Lipinski definition) is 2. The monoisotopic (exact) mass is 411 g/mol. The smallest absolute Gasteiger partial charge is 0.310 e. The summed E-state index contributed by atoms with van der Waals surface area (Å²) < 4.78 is 5.05. The summed E-state index contributed by atoms with van der Waals surface area (Å²) in [5.41, 5.74) is 2.92. The predicted octanol–water partition coefficient (Wildman–Crippen LogP) is 3.18. The zero-order chi connectivity index (χ0) is 20.8. The van der Waals surface area contributed by atoms with Crippen molar-refractivity contribution in [2.75, 3.05) is 17.2 Å². The maximum Gasteiger partial charge on any atom is 0.310 e. The number of carbonyl (C=O) groups is 3. The van der Waals surface area contributed by atoms with E-state index in [4.69, 9.17) is 4.74 Å². The van der Waals surface area contributed by atoms with Gasteiger partial charge in [0.25, 0.3) is 5.91 Å². The number of ether oxygens (including phenoxy) is 1. The lowest BCUT2D eigenvalue weighted by molar-refractivity contribution is -0.146. The van der Waals surface area contributed by atoms with E-state index in [0.717, 1.165) is 36.1 Å². The van der Waals surface area contributed by atoms with Gasteiger partial charge in [-0.25, -0.2) is 0 Å². The number of amides is 2. The van der Waals surface area contributed by atoms with E-state index in [1.807, 2.05) is 0 Å². The lowest BCUT2D eigenvalue weighted by Gasteiger charge is -2.09. The Hall–Kier alpha value is -3.18. The zero-order valence-electron chi connectivity index (χ0n) is 16.0.